The van der Waals surface area contributed by atoms with Crippen LogP contribution in [0.25, 0.3) is 5.52 Å². The van der Waals surface area contributed by atoms with Gasteiger partial charge >= 0.3 is 6.09 Å². The second-order valence-corrected chi connectivity index (χ2v) is 5.04. The van der Waals surface area contributed by atoms with Gasteiger partial charge in [0.25, 0.3) is 0 Å². The van der Waals surface area contributed by atoms with Crippen molar-refractivity contribution in [2.24, 2.45) is 0 Å². The highest BCUT2D eigenvalue weighted by Crippen LogP contribution is 2.32. The first-order valence-electron chi connectivity index (χ1n) is 6.62. The zero-order chi connectivity index (χ0) is 15.0. The summed E-state index contributed by atoms with van der Waals surface area (Å²) in [4.78, 5) is 16.3. The number of nitrogens with zero attached hydrogens (tertiary/aromatic N) is 5. The van der Waals surface area contributed by atoms with Gasteiger partial charge in [0.2, 0.25) is 0 Å². The normalized spacial score (nSPS) is 16.0. The number of carboxylic acid groups (broad SMARTS) is 1. The van der Waals surface area contributed by atoms with Crippen molar-refractivity contribution in [2.75, 3.05) is 18.8 Å². The highest BCUT2D eigenvalue weighted by molar-refractivity contribution is 5.69. The highest BCUT2D eigenvalue weighted by atomic mass is 16.4. The summed E-state index contributed by atoms with van der Waals surface area (Å²) < 4.78 is 1.65. The van der Waals surface area contributed by atoms with Crippen LogP contribution in [0.1, 0.15) is 30.0 Å². The van der Waals surface area contributed by atoms with Gasteiger partial charge in [-0.3, -0.25) is 0 Å². The number of rotatable bonds is 1. The molecular formula is C13H14N6O2. The Morgan fingerprint density at radius 2 is 2.19 bits per heavy atom. The molecule has 2 aromatic heterocycles. The fraction of sp³-hybridized carbons (Fsp3) is 0.385. The average molecular weight is 286 g/mol. The fourth-order valence-electron chi connectivity index (χ4n) is 2.85. The number of carbonyl (C=O) groups is 1. The smallest absolute Gasteiger partial charge is 0.407 e. The highest BCUT2D eigenvalue weighted by Gasteiger charge is 2.28. The van der Waals surface area contributed by atoms with Gasteiger partial charge in [0.15, 0.2) is 5.82 Å². The van der Waals surface area contributed by atoms with E-state index in [1.165, 1.54) is 11.2 Å². The number of likely N-dealkylation sites (tertiary alicyclic amines) is 1. The van der Waals surface area contributed by atoms with Crippen LogP contribution in [0.3, 0.4) is 0 Å². The summed E-state index contributed by atoms with van der Waals surface area (Å²) in [6, 6.07) is 3.86. The van der Waals surface area contributed by atoms with Crippen LogP contribution in [-0.2, 0) is 0 Å². The SMILES string of the molecule is N#Cc1cc2c(N)ncnn2c1C1CCN(C(=O)O)CC1. The van der Waals surface area contributed by atoms with Gasteiger partial charge in [0.1, 0.15) is 17.9 Å². The molecule has 3 rings (SSSR count). The van der Waals surface area contributed by atoms with Crippen molar-refractivity contribution in [3.8, 4) is 6.07 Å². The Morgan fingerprint density at radius 1 is 1.48 bits per heavy atom. The molecule has 0 aliphatic carbocycles. The zero-order valence-corrected chi connectivity index (χ0v) is 11.2. The number of hydrogen-bond donors (Lipinski definition) is 2. The number of nitrogens with two attached hydrogens (primary N) is 1. The van der Waals surface area contributed by atoms with Crippen LogP contribution in [0.5, 0.6) is 0 Å². The molecule has 2 aromatic rings. The van der Waals surface area contributed by atoms with E-state index in [1.807, 2.05) is 0 Å². The molecule has 1 aliphatic rings. The van der Waals surface area contributed by atoms with E-state index in [2.05, 4.69) is 16.2 Å². The van der Waals surface area contributed by atoms with E-state index in [4.69, 9.17) is 10.8 Å². The second-order valence-electron chi connectivity index (χ2n) is 5.04. The Hall–Kier alpha value is -2.82. The summed E-state index contributed by atoms with van der Waals surface area (Å²) in [5, 5.41) is 22.5. The number of nitrogen functional groups attached to an aromatic ring is 1. The largest absolute Gasteiger partial charge is 0.465 e. The van der Waals surface area contributed by atoms with E-state index >= 15 is 0 Å². The van der Waals surface area contributed by atoms with Gasteiger partial charge in [-0.1, -0.05) is 0 Å². The minimum absolute atomic E-state index is 0.0899. The van der Waals surface area contributed by atoms with Gasteiger partial charge in [-0.15, -0.1) is 0 Å². The average Bonchev–Trinajstić information content (AvgIpc) is 2.87. The van der Waals surface area contributed by atoms with Gasteiger partial charge in [0, 0.05) is 19.0 Å². The Balaban J connectivity index is 1.99. The number of aromatic nitrogens is 3. The molecule has 0 radical (unpaired) electrons. The monoisotopic (exact) mass is 286 g/mol. The van der Waals surface area contributed by atoms with Crippen LogP contribution in [0.15, 0.2) is 12.4 Å². The Labute approximate surface area is 120 Å². The number of piperidine rings is 1. The van der Waals surface area contributed by atoms with Gasteiger partial charge in [-0.25, -0.2) is 14.3 Å². The Morgan fingerprint density at radius 3 is 2.81 bits per heavy atom. The van der Waals surface area contributed by atoms with E-state index in [1.54, 1.807) is 10.6 Å². The van der Waals surface area contributed by atoms with E-state index in [-0.39, 0.29) is 5.92 Å². The predicted molar refractivity (Wildman–Crippen MR) is 73.7 cm³/mol. The molecule has 1 amide bonds. The molecule has 0 atom stereocenters. The van der Waals surface area contributed by atoms with Crippen LogP contribution < -0.4 is 5.73 Å². The molecule has 0 saturated carbocycles. The molecule has 1 saturated heterocycles. The summed E-state index contributed by atoms with van der Waals surface area (Å²) in [7, 11) is 0. The number of hydrogen-bond acceptors (Lipinski definition) is 5. The van der Waals surface area contributed by atoms with E-state index in [0.717, 1.165) is 5.69 Å². The summed E-state index contributed by atoms with van der Waals surface area (Å²) >= 11 is 0. The predicted octanol–water partition coefficient (Wildman–Crippen LogP) is 1.04. The first-order chi connectivity index (χ1) is 10.1. The van der Waals surface area contributed by atoms with Crippen LogP contribution in [0.4, 0.5) is 10.6 Å². The fourth-order valence-corrected chi connectivity index (χ4v) is 2.85. The third kappa shape index (κ3) is 2.12. The summed E-state index contributed by atoms with van der Waals surface area (Å²) in [5.74, 6) is 0.419. The van der Waals surface area contributed by atoms with Gasteiger partial charge in [-0.05, 0) is 18.9 Å². The van der Waals surface area contributed by atoms with Crippen molar-refractivity contribution in [1.29, 1.82) is 5.26 Å². The minimum Gasteiger partial charge on any atom is -0.465 e. The van der Waals surface area contributed by atoms with E-state index in [0.29, 0.717) is 42.8 Å². The van der Waals surface area contributed by atoms with Crippen molar-refractivity contribution in [2.45, 2.75) is 18.8 Å². The lowest BCUT2D eigenvalue weighted by atomic mass is 9.92. The molecule has 1 aliphatic heterocycles. The summed E-state index contributed by atoms with van der Waals surface area (Å²) in [6.07, 6.45) is 1.79. The molecule has 1 fully saturated rings. The lowest BCUT2D eigenvalue weighted by molar-refractivity contribution is 0.131. The van der Waals surface area contributed by atoms with Crippen molar-refractivity contribution in [3.05, 3.63) is 23.7 Å². The maximum Gasteiger partial charge on any atom is 0.407 e. The summed E-state index contributed by atoms with van der Waals surface area (Å²) in [5.41, 5.74) is 7.75. The van der Waals surface area contributed by atoms with Crippen molar-refractivity contribution >= 4 is 17.4 Å². The summed E-state index contributed by atoms with van der Waals surface area (Å²) in [6.45, 7) is 0.914. The molecule has 21 heavy (non-hydrogen) atoms. The van der Waals surface area contributed by atoms with Crippen LogP contribution in [-0.4, -0.2) is 43.8 Å². The van der Waals surface area contributed by atoms with Crippen molar-refractivity contribution in [3.63, 3.8) is 0 Å². The number of fused-ring (bicyclic) bond motifs is 1. The number of anilines is 1. The molecule has 3 heterocycles. The Kier molecular flexibility index (Phi) is 3.10. The Bertz CT molecular complexity index is 739. The molecule has 0 unspecified atom stereocenters. The first kappa shape index (κ1) is 13.2. The zero-order valence-electron chi connectivity index (χ0n) is 11.2. The molecule has 8 heteroatoms. The maximum atomic E-state index is 11.0. The maximum absolute atomic E-state index is 11.0. The quantitative estimate of drug-likeness (QED) is 0.808. The number of amides is 1. The van der Waals surface area contributed by atoms with Crippen LogP contribution >= 0.6 is 0 Å². The lowest BCUT2D eigenvalue weighted by Gasteiger charge is -2.29. The lowest BCUT2D eigenvalue weighted by Crippen LogP contribution is -2.37. The van der Waals surface area contributed by atoms with Gasteiger partial charge in [0.05, 0.1) is 11.3 Å². The number of nitriles is 1. The van der Waals surface area contributed by atoms with Gasteiger partial charge < -0.3 is 15.7 Å². The van der Waals surface area contributed by atoms with E-state index in [9.17, 15) is 10.1 Å². The standard InChI is InChI=1S/C13H14N6O2/c14-6-9-5-10-12(15)16-7-17-19(10)11(9)8-1-3-18(4-2-8)13(20)21/h5,7-8H,1-4H2,(H,20,21)(H2,15,16,17). The first-order valence-corrected chi connectivity index (χ1v) is 6.62. The molecule has 0 aromatic carbocycles. The second kappa shape index (κ2) is 4.94. The van der Waals surface area contributed by atoms with Crippen LogP contribution in [0, 0.1) is 11.3 Å². The molecule has 0 spiro atoms. The minimum atomic E-state index is -0.902. The van der Waals surface area contributed by atoms with E-state index < -0.39 is 6.09 Å². The van der Waals surface area contributed by atoms with Crippen LogP contribution in [0.2, 0.25) is 0 Å². The van der Waals surface area contributed by atoms with Crippen molar-refractivity contribution in [1.82, 2.24) is 19.5 Å². The molecule has 108 valence electrons. The topological polar surface area (TPSA) is 121 Å². The third-order valence-electron chi connectivity index (χ3n) is 3.91. The van der Waals surface area contributed by atoms with Crippen molar-refractivity contribution < 1.29 is 9.90 Å². The van der Waals surface area contributed by atoms with Gasteiger partial charge in [-0.2, -0.15) is 10.4 Å². The molecule has 3 N–H and O–H groups in total. The molecule has 0 bridgehead atoms. The third-order valence-corrected chi connectivity index (χ3v) is 3.91. The molecular weight excluding hydrogens is 272 g/mol. The molecule has 8 nitrogen and oxygen atoms in total.